The van der Waals surface area contributed by atoms with Gasteiger partial charge in [-0.25, -0.2) is 9.89 Å². The molecule has 7 nitrogen and oxygen atoms in total. The number of nitrogens with zero attached hydrogens (tertiary/aromatic N) is 2. The van der Waals surface area contributed by atoms with E-state index in [2.05, 4.69) is 31.4 Å². The number of carboxylic acid groups (broad SMARTS) is 1. The zero-order chi connectivity index (χ0) is 12.4. The van der Waals surface area contributed by atoms with Crippen LogP contribution in [0.4, 0.5) is 10.5 Å². The molecule has 0 saturated carbocycles. The Labute approximate surface area is 105 Å². The van der Waals surface area contributed by atoms with E-state index in [-0.39, 0.29) is 11.6 Å². The lowest BCUT2D eigenvalue weighted by atomic mass is 10.3. The van der Waals surface area contributed by atoms with E-state index in [9.17, 15) is 9.59 Å². The molecule has 17 heavy (non-hydrogen) atoms. The van der Waals surface area contributed by atoms with Crippen molar-refractivity contribution in [1.29, 1.82) is 0 Å². The summed E-state index contributed by atoms with van der Waals surface area (Å²) < 4.78 is 0.420. The molecule has 0 unspecified atom stereocenters. The van der Waals surface area contributed by atoms with E-state index in [0.29, 0.717) is 29.7 Å². The minimum Gasteiger partial charge on any atom is -0.465 e. The highest BCUT2D eigenvalue weighted by atomic mass is 79.9. The quantitative estimate of drug-likeness (QED) is 0.733. The summed E-state index contributed by atoms with van der Waals surface area (Å²) in [6.45, 7) is 1.23. The second-order valence-corrected chi connectivity index (χ2v) is 4.57. The first-order valence-corrected chi connectivity index (χ1v) is 5.85. The van der Waals surface area contributed by atoms with Gasteiger partial charge in [-0.2, -0.15) is 5.10 Å². The zero-order valence-electron chi connectivity index (χ0n) is 8.81. The summed E-state index contributed by atoms with van der Waals surface area (Å²) in [6, 6.07) is -0.112. The van der Waals surface area contributed by atoms with Crippen LogP contribution in [-0.2, 0) is 0 Å². The largest absolute Gasteiger partial charge is 0.465 e. The Kier molecular flexibility index (Phi) is 3.32. The van der Waals surface area contributed by atoms with Gasteiger partial charge in [-0.1, -0.05) is 0 Å². The number of aromatic amines is 1. The third-order valence-corrected chi connectivity index (χ3v) is 3.40. The maximum absolute atomic E-state index is 11.4. The fraction of sp³-hybridized carbons (Fsp3) is 0.444. The summed E-state index contributed by atoms with van der Waals surface area (Å²) >= 11 is 3.20. The minimum atomic E-state index is -1.03. The normalized spacial score (nSPS) is 19.4. The number of aromatic nitrogens is 2. The topological polar surface area (TPSA) is 98.3 Å². The Bertz CT molecular complexity index is 489. The number of hydrogen-bond donors (Lipinski definition) is 3. The summed E-state index contributed by atoms with van der Waals surface area (Å²) in [5.41, 5.74) is 0.389. The molecular weight excluding hydrogens is 292 g/mol. The van der Waals surface area contributed by atoms with Crippen molar-refractivity contribution in [1.82, 2.24) is 15.5 Å². The average molecular weight is 303 g/mol. The van der Waals surface area contributed by atoms with E-state index < -0.39 is 6.09 Å². The summed E-state index contributed by atoms with van der Waals surface area (Å²) in [6.07, 6.45) is 1.24. The highest BCUT2D eigenvalue weighted by Gasteiger charge is 2.25. The van der Waals surface area contributed by atoms with Gasteiger partial charge in [0.1, 0.15) is 4.47 Å². The lowest BCUT2D eigenvalue weighted by molar-refractivity contribution is 0.191. The van der Waals surface area contributed by atoms with Crippen molar-refractivity contribution >= 4 is 27.7 Å². The van der Waals surface area contributed by atoms with Crippen LogP contribution in [0.2, 0.25) is 0 Å². The van der Waals surface area contributed by atoms with Gasteiger partial charge in [-0.3, -0.25) is 4.79 Å². The van der Waals surface area contributed by atoms with E-state index in [0.717, 1.165) is 0 Å². The van der Waals surface area contributed by atoms with Crippen LogP contribution in [0.25, 0.3) is 0 Å². The Morgan fingerprint density at radius 1 is 1.71 bits per heavy atom. The molecule has 1 amide bonds. The molecule has 0 spiro atoms. The molecule has 0 radical (unpaired) electrons. The van der Waals surface area contributed by atoms with Gasteiger partial charge < -0.3 is 15.3 Å². The Balaban J connectivity index is 2.12. The number of anilines is 1. The molecule has 1 atom stereocenters. The van der Waals surface area contributed by atoms with Crippen LogP contribution in [0.15, 0.2) is 15.5 Å². The number of rotatable bonds is 2. The van der Waals surface area contributed by atoms with E-state index in [1.165, 1.54) is 0 Å². The minimum absolute atomic E-state index is 0.112. The fourth-order valence-electron chi connectivity index (χ4n) is 1.87. The molecule has 1 aliphatic rings. The van der Waals surface area contributed by atoms with Crippen LogP contribution in [0.3, 0.4) is 0 Å². The summed E-state index contributed by atoms with van der Waals surface area (Å²) in [7, 11) is 0. The lowest BCUT2D eigenvalue weighted by Gasteiger charge is -2.18. The molecule has 92 valence electrons. The Morgan fingerprint density at radius 3 is 3.18 bits per heavy atom. The molecule has 1 saturated heterocycles. The standard InChI is InChI=1S/C9H11BrN4O3/c10-7-6(3-11-13-8(7)15)14-2-1-5(4-14)12-9(16)17/h3,5,12H,1-2,4H2,(H,13,15)(H,16,17)/t5-/m1/s1. The summed E-state index contributed by atoms with van der Waals surface area (Å²) in [5, 5.41) is 17.1. The van der Waals surface area contributed by atoms with Gasteiger partial charge in [0.2, 0.25) is 0 Å². The molecule has 2 heterocycles. The maximum Gasteiger partial charge on any atom is 0.404 e. The molecule has 8 heteroatoms. The van der Waals surface area contributed by atoms with Crippen LogP contribution >= 0.6 is 15.9 Å². The lowest BCUT2D eigenvalue weighted by Crippen LogP contribution is -2.36. The van der Waals surface area contributed by atoms with Gasteiger partial charge in [0.05, 0.1) is 17.9 Å². The molecule has 1 aromatic heterocycles. The monoisotopic (exact) mass is 302 g/mol. The van der Waals surface area contributed by atoms with Crippen molar-refractivity contribution in [3.63, 3.8) is 0 Å². The predicted octanol–water partition coefficient (Wildman–Crippen LogP) is 0.379. The van der Waals surface area contributed by atoms with Crippen molar-refractivity contribution in [3.8, 4) is 0 Å². The van der Waals surface area contributed by atoms with Crippen molar-refractivity contribution in [3.05, 3.63) is 21.0 Å². The van der Waals surface area contributed by atoms with Gasteiger partial charge >= 0.3 is 6.09 Å². The Morgan fingerprint density at radius 2 is 2.47 bits per heavy atom. The van der Waals surface area contributed by atoms with Gasteiger partial charge in [-0.05, 0) is 22.4 Å². The Hall–Kier alpha value is -1.57. The van der Waals surface area contributed by atoms with Crippen molar-refractivity contribution in [2.24, 2.45) is 0 Å². The molecule has 3 N–H and O–H groups in total. The van der Waals surface area contributed by atoms with E-state index in [1.807, 2.05) is 4.90 Å². The number of amides is 1. The van der Waals surface area contributed by atoms with Crippen molar-refractivity contribution in [2.45, 2.75) is 12.5 Å². The molecule has 0 aromatic carbocycles. The van der Waals surface area contributed by atoms with Crippen LogP contribution in [0.5, 0.6) is 0 Å². The van der Waals surface area contributed by atoms with E-state index in [4.69, 9.17) is 5.11 Å². The van der Waals surface area contributed by atoms with Gasteiger partial charge in [0, 0.05) is 13.1 Å². The molecule has 1 aliphatic heterocycles. The number of carbonyl (C=O) groups is 1. The first-order chi connectivity index (χ1) is 8.08. The van der Waals surface area contributed by atoms with Crippen LogP contribution in [0, 0.1) is 0 Å². The third kappa shape index (κ3) is 2.57. The van der Waals surface area contributed by atoms with Crippen LogP contribution < -0.4 is 15.8 Å². The fourth-order valence-corrected chi connectivity index (χ4v) is 2.31. The predicted molar refractivity (Wildman–Crippen MR) is 64.3 cm³/mol. The molecular formula is C9H11BrN4O3. The van der Waals surface area contributed by atoms with E-state index >= 15 is 0 Å². The molecule has 1 aromatic rings. The number of H-pyrrole nitrogens is 1. The highest BCUT2D eigenvalue weighted by molar-refractivity contribution is 9.10. The SMILES string of the molecule is O=C(O)N[C@@H]1CCN(c2cn[nH]c(=O)c2Br)C1. The second-order valence-electron chi connectivity index (χ2n) is 3.78. The maximum atomic E-state index is 11.4. The second kappa shape index (κ2) is 4.74. The summed E-state index contributed by atoms with van der Waals surface area (Å²) in [5.74, 6) is 0. The summed E-state index contributed by atoms with van der Waals surface area (Å²) in [4.78, 5) is 23.8. The van der Waals surface area contributed by atoms with Crippen molar-refractivity contribution < 1.29 is 9.90 Å². The number of nitrogens with one attached hydrogen (secondary N) is 2. The molecule has 0 bridgehead atoms. The highest BCUT2D eigenvalue weighted by Crippen LogP contribution is 2.24. The smallest absolute Gasteiger partial charge is 0.404 e. The first-order valence-electron chi connectivity index (χ1n) is 5.05. The third-order valence-electron chi connectivity index (χ3n) is 2.63. The average Bonchev–Trinajstić information content (AvgIpc) is 2.69. The van der Waals surface area contributed by atoms with Gasteiger partial charge in [0.15, 0.2) is 0 Å². The van der Waals surface area contributed by atoms with Gasteiger partial charge in [-0.15, -0.1) is 0 Å². The van der Waals surface area contributed by atoms with Crippen LogP contribution in [0.1, 0.15) is 6.42 Å². The molecule has 2 rings (SSSR count). The number of hydrogen-bond acceptors (Lipinski definition) is 4. The molecule has 1 fully saturated rings. The molecule has 0 aliphatic carbocycles. The van der Waals surface area contributed by atoms with Crippen molar-refractivity contribution in [2.75, 3.05) is 18.0 Å². The van der Waals surface area contributed by atoms with Gasteiger partial charge in [0.25, 0.3) is 5.56 Å². The van der Waals surface area contributed by atoms with E-state index in [1.54, 1.807) is 6.20 Å². The zero-order valence-corrected chi connectivity index (χ0v) is 10.4. The first kappa shape index (κ1) is 11.9. The number of halogens is 1. The van der Waals surface area contributed by atoms with Crippen LogP contribution in [-0.4, -0.2) is 40.5 Å².